The first kappa shape index (κ1) is 46.7. The molecule has 0 spiro atoms. The molecule has 2 aromatic carbocycles. The van der Waals surface area contributed by atoms with Crippen LogP contribution in [0.2, 0.25) is 0 Å². The third-order valence-corrected chi connectivity index (χ3v) is 12.1. The van der Waals surface area contributed by atoms with E-state index in [1.165, 1.54) is 16.9 Å². The van der Waals surface area contributed by atoms with Gasteiger partial charge in [-0.05, 0) is 84.9 Å². The molecular formula is C39H52F4N6O9S. The lowest BCUT2D eigenvalue weighted by molar-refractivity contribution is -0.139. The minimum Gasteiger partial charge on any atom is -0.465 e. The summed E-state index contributed by atoms with van der Waals surface area (Å²) in [5.41, 5.74) is 5.87. The van der Waals surface area contributed by atoms with E-state index in [-0.39, 0.29) is 35.3 Å². The van der Waals surface area contributed by atoms with Crippen molar-refractivity contribution >= 4 is 51.1 Å². The van der Waals surface area contributed by atoms with Crippen LogP contribution >= 0.6 is 0 Å². The van der Waals surface area contributed by atoms with E-state index in [0.717, 1.165) is 36.1 Å². The number of alkyl halides is 3. The van der Waals surface area contributed by atoms with Crippen molar-refractivity contribution in [1.29, 1.82) is 0 Å². The molecule has 2 heterocycles. The van der Waals surface area contributed by atoms with E-state index in [0.29, 0.717) is 63.0 Å². The number of halogens is 4. The average molecular weight is 857 g/mol. The minimum atomic E-state index is -4.72. The van der Waals surface area contributed by atoms with Crippen LogP contribution in [-0.4, -0.2) is 90.6 Å². The maximum atomic E-state index is 13.7. The van der Waals surface area contributed by atoms with Crippen LogP contribution in [0.25, 0.3) is 0 Å². The summed E-state index contributed by atoms with van der Waals surface area (Å²) in [5.74, 6) is -2.31. The molecular weight excluding hydrogens is 805 g/mol. The third kappa shape index (κ3) is 13.0. The highest BCUT2D eigenvalue weighted by atomic mass is 32.2. The molecule has 0 aromatic heterocycles. The van der Waals surface area contributed by atoms with E-state index in [9.17, 15) is 50.0 Å². The number of amides is 5. The van der Waals surface area contributed by atoms with Crippen LogP contribution in [0.4, 0.5) is 33.7 Å². The molecule has 5 amide bonds. The van der Waals surface area contributed by atoms with Gasteiger partial charge in [0, 0.05) is 44.0 Å². The summed E-state index contributed by atoms with van der Waals surface area (Å²) in [5, 5.41) is 14.0. The van der Waals surface area contributed by atoms with Crippen molar-refractivity contribution in [1.82, 2.24) is 14.5 Å². The first-order valence-electron chi connectivity index (χ1n) is 19.1. The summed E-state index contributed by atoms with van der Waals surface area (Å²) in [6.07, 6.45) is -1.40. The molecule has 6 N–H and O–H groups in total. The van der Waals surface area contributed by atoms with Crippen molar-refractivity contribution in [3.63, 3.8) is 0 Å². The highest BCUT2D eigenvalue weighted by molar-refractivity contribution is 7.90. The zero-order valence-electron chi connectivity index (χ0n) is 33.5. The third-order valence-electron chi connectivity index (χ3n) is 10.3. The van der Waals surface area contributed by atoms with Crippen molar-refractivity contribution in [3.8, 4) is 0 Å². The van der Waals surface area contributed by atoms with E-state index in [1.54, 1.807) is 32.9 Å². The Bertz CT molecular complexity index is 2010. The fourth-order valence-corrected chi connectivity index (χ4v) is 8.13. The SMILES string of the molecule is CC(C)(C)[C@H](Nc1cc(F)cc(C(F)(F)F)c1)C(=O)N1CCCC1C(N)=O.CCC1CC1C(=O)NS(=O)(=O)C1CC1.COCC(=O)Nc1ccc2c(c1)CN(C(=O)O)C2. The monoisotopic (exact) mass is 856 g/mol. The number of primary amides is 1. The number of fused-ring (bicyclic) bond motifs is 1. The molecule has 15 nitrogen and oxygen atoms in total. The van der Waals surface area contributed by atoms with Gasteiger partial charge in [0.15, 0.2) is 0 Å². The van der Waals surface area contributed by atoms with E-state index in [1.807, 2.05) is 13.0 Å². The van der Waals surface area contributed by atoms with Crippen molar-refractivity contribution < 1.29 is 59.8 Å². The second-order valence-corrected chi connectivity index (χ2v) is 18.0. The van der Waals surface area contributed by atoms with Gasteiger partial charge < -0.3 is 31.1 Å². The summed E-state index contributed by atoms with van der Waals surface area (Å²) in [4.78, 5) is 60.9. The number of carbonyl (C=O) groups excluding carboxylic acids is 4. The lowest BCUT2D eigenvalue weighted by Gasteiger charge is -2.35. The largest absolute Gasteiger partial charge is 0.465 e. The van der Waals surface area contributed by atoms with Gasteiger partial charge >= 0.3 is 12.3 Å². The van der Waals surface area contributed by atoms with Crippen LogP contribution in [0.5, 0.6) is 0 Å². The van der Waals surface area contributed by atoms with Crippen LogP contribution in [0, 0.1) is 23.1 Å². The molecule has 20 heteroatoms. The Kier molecular flexibility index (Phi) is 15.0. The zero-order chi connectivity index (χ0) is 44.0. The Morgan fingerprint density at radius 2 is 1.64 bits per heavy atom. The molecule has 4 atom stereocenters. The molecule has 2 aliphatic carbocycles. The quantitative estimate of drug-likeness (QED) is 0.190. The predicted molar refractivity (Wildman–Crippen MR) is 208 cm³/mol. The molecule has 2 aliphatic heterocycles. The van der Waals surface area contributed by atoms with Gasteiger partial charge in [-0.2, -0.15) is 13.2 Å². The topological polar surface area (TPSA) is 218 Å². The van der Waals surface area contributed by atoms with Crippen LogP contribution in [0.3, 0.4) is 0 Å². The van der Waals surface area contributed by atoms with Crippen molar-refractivity contribution in [2.24, 2.45) is 23.0 Å². The number of anilines is 2. The second-order valence-electron chi connectivity index (χ2n) is 16.1. The number of nitrogens with two attached hydrogens (primary N) is 1. The molecule has 4 aliphatic rings. The van der Waals surface area contributed by atoms with Crippen LogP contribution < -0.4 is 21.1 Å². The smallest absolute Gasteiger partial charge is 0.416 e. The summed E-state index contributed by atoms with van der Waals surface area (Å²) in [6.45, 7) is 8.28. The minimum absolute atomic E-state index is 0.00165. The molecule has 326 valence electrons. The fourth-order valence-electron chi connectivity index (χ4n) is 6.78. The van der Waals surface area contributed by atoms with Gasteiger partial charge in [-0.15, -0.1) is 0 Å². The number of carboxylic acid groups (broad SMARTS) is 1. The first-order valence-corrected chi connectivity index (χ1v) is 20.7. The first-order chi connectivity index (χ1) is 27.4. The Labute approximate surface area is 340 Å². The Hall–Kier alpha value is -4.98. The second kappa shape index (κ2) is 18.9. The Balaban J connectivity index is 0.000000207. The number of nitrogens with zero attached hydrogens (tertiary/aromatic N) is 2. The normalized spacial score (nSPS) is 20.2. The standard InChI is InChI=1S/C18H23F4N3O2.C12H14N2O4.C9H15NO3S/c1-17(2,3)14(16(27)25-6-4-5-13(25)15(23)26)24-12-8-10(18(20,21)22)7-11(19)9-12;1-18-7-11(15)13-10-3-2-8-5-14(12(16)17)6-9(8)4-10;1-2-6-5-8(6)9(11)10-14(12,13)7-3-4-7/h7-9,13-14,24H,4-6H2,1-3H3,(H2,23,26);2-4H,5-7H2,1H3,(H,13,15)(H,16,17);6-8H,2-5H2,1H3,(H,10,11)/t13?,14-;;/m1../s1. The molecule has 59 heavy (non-hydrogen) atoms. The number of ether oxygens (including phenoxy) is 1. The Morgan fingerprint density at radius 1 is 0.983 bits per heavy atom. The molecule has 1 saturated heterocycles. The van der Waals surface area contributed by atoms with Gasteiger partial charge in [0.1, 0.15) is 24.5 Å². The number of carbonyl (C=O) groups is 5. The fraction of sp³-hybridized carbons (Fsp3) is 0.564. The number of benzene rings is 2. The van der Waals surface area contributed by atoms with E-state index in [4.69, 9.17) is 15.6 Å². The lowest BCUT2D eigenvalue weighted by Crippen LogP contribution is -2.53. The van der Waals surface area contributed by atoms with Gasteiger partial charge in [-0.3, -0.25) is 28.8 Å². The van der Waals surface area contributed by atoms with Crippen molar-refractivity contribution in [3.05, 3.63) is 58.9 Å². The molecule has 2 aromatic rings. The molecule has 3 fully saturated rings. The predicted octanol–water partition coefficient (Wildman–Crippen LogP) is 5.05. The number of methoxy groups -OCH3 is 1. The molecule has 0 bridgehead atoms. The van der Waals surface area contributed by atoms with Crippen LogP contribution in [0.15, 0.2) is 36.4 Å². The number of rotatable bonds is 11. The summed E-state index contributed by atoms with van der Waals surface area (Å²) < 4.78 is 82.2. The summed E-state index contributed by atoms with van der Waals surface area (Å²) in [7, 11) is -1.87. The average Bonchev–Trinajstić information content (AvgIpc) is 4.05. The summed E-state index contributed by atoms with van der Waals surface area (Å²) in [6, 6.07) is 5.72. The maximum absolute atomic E-state index is 13.7. The number of nitrogens with one attached hydrogen (secondary N) is 3. The van der Waals surface area contributed by atoms with Gasteiger partial charge in [0.05, 0.1) is 10.8 Å². The molecule has 2 saturated carbocycles. The van der Waals surface area contributed by atoms with Gasteiger partial charge in [0.2, 0.25) is 33.7 Å². The summed E-state index contributed by atoms with van der Waals surface area (Å²) >= 11 is 0. The molecule has 3 unspecified atom stereocenters. The van der Waals surface area contributed by atoms with Crippen molar-refractivity contribution in [2.45, 2.75) is 103 Å². The van der Waals surface area contributed by atoms with Gasteiger partial charge in [0.25, 0.3) is 0 Å². The maximum Gasteiger partial charge on any atom is 0.416 e. The highest BCUT2D eigenvalue weighted by Crippen LogP contribution is 2.41. The zero-order valence-corrected chi connectivity index (χ0v) is 34.3. The molecule has 0 radical (unpaired) electrons. The lowest BCUT2D eigenvalue weighted by atomic mass is 9.85. The van der Waals surface area contributed by atoms with Gasteiger partial charge in [-0.25, -0.2) is 17.6 Å². The number of likely N-dealkylation sites (tertiary alicyclic amines) is 1. The Morgan fingerprint density at radius 3 is 2.19 bits per heavy atom. The van der Waals surface area contributed by atoms with Crippen LogP contribution in [-0.2, 0) is 53.2 Å². The number of hydrogen-bond acceptors (Lipinski definition) is 9. The number of hydrogen-bond donors (Lipinski definition) is 5. The van der Waals surface area contributed by atoms with Crippen molar-refractivity contribution in [2.75, 3.05) is 30.9 Å². The van der Waals surface area contributed by atoms with Gasteiger partial charge in [-0.1, -0.05) is 40.2 Å². The number of sulfonamides is 1. The highest BCUT2D eigenvalue weighted by Gasteiger charge is 2.45. The van der Waals surface area contributed by atoms with E-state index >= 15 is 0 Å². The van der Waals surface area contributed by atoms with E-state index < -0.39 is 63.0 Å². The van der Waals surface area contributed by atoms with E-state index in [2.05, 4.69) is 15.4 Å². The molecule has 6 rings (SSSR count). The van der Waals surface area contributed by atoms with Crippen LogP contribution in [0.1, 0.15) is 82.9 Å².